The van der Waals surface area contributed by atoms with E-state index in [1.165, 1.54) is 18.4 Å². The Morgan fingerprint density at radius 1 is 1.60 bits per heavy atom. The molecule has 0 bridgehead atoms. The highest BCUT2D eigenvalue weighted by Gasteiger charge is 2.18. The molecule has 0 saturated heterocycles. The minimum atomic E-state index is -0.449. The maximum Gasteiger partial charge on any atom is 0.350 e. The van der Waals surface area contributed by atoms with Crippen molar-refractivity contribution in [3.05, 3.63) is 16.8 Å². The van der Waals surface area contributed by atoms with E-state index in [2.05, 4.69) is 14.7 Å². The first-order valence-electron chi connectivity index (χ1n) is 4.23. The van der Waals surface area contributed by atoms with Gasteiger partial charge in [-0.25, -0.2) is 14.8 Å². The van der Waals surface area contributed by atoms with E-state index in [0.29, 0.717) is 20.9 Å². The van der Waals surface area contributed by atoms with Gasteiger partial charge in [-0.3, -0.25) is 0 Å². The molecule has 0 fully saturated rings. The smallest absolute Gasteiger partial charge is 0.350 e. The number of ether oxygens (including phenoxy) is 1. The number of nitrogens with two attached hydrogens (primary N) is 1. The summed E-state index contributed by atoms with van der Waals surface area (Å²) >= 11 is 1.20. The lowest BCUT2D eigenvalue weighted by Crippen LogP contribution is -2.01. The van der Waals surface area contributed by atoms with Gasteiger partial charge >= 0.3 is 5.97 Å². The number of nitrogens with zero attached hydrogens (tertiary/aromatic N) is 2. The van der Waals surface area contributed by atoms with Crippen molar-refractivity contribution < 1.29 is 9.53 Å². The van der Waals surface area contributed by atoms with Crippen LogP contribution >= 0.6 is 11.3 Å². The average Bonchev–Trinajstić information content (AvgIpc) is 2.54. The summed E-state index contributed by atoms with van der Waals surface area (Å²) < 4.78 is 4.61. The second-order valence-electron chi connectivity index (χ2n) is 3.00. The molecule has 0 amide bonds. The number of fused-ring (bicyclic) bond motifs is 1. The summed E-state index contributed by atoms with van der Waals surface area (Å²) in [4.78, 5) is 20.7. The first-order valence-corrected chi connectivity index (χ1v) is 5.05. The molecule has 15 heavy (non-hydrogen) atoms. The summed E-state index contributed by atoms with van der Waals surface area (Å²) in [6.07, 6.45) is 1.62. The van der Waals surface area contributed by atoms with Crippen molar-refractivity contribution in [3.63, 3.8) is 0 Å². The van der Waals surface area contributed by atoms with Gasteiger partial charge in [0.2, 0.25) is 0 Å². The number of nitrogen functional groups attached to an aromatic ring is 1. The third-order valence-electron chi connectivity index (χ3n) is 1.93. The predicted octanol–water partition coefficient (Wildman–Crippen LogP) is 1.37. The maximum atomic E-state index is 11.3. The normalized spacial score (nSPS) is 10.5. The van der Waals surface area contributed by atoms with Crippen molar-refractivity contribution in [1.29, 1.82) is 0 Å². The third kappa shape index (κ3) is 1.52. The average molecular weight is 223 g/mol. The number of carbonyl (C=O) groups is 1. The molecule has 2 N–H and O–H groups in total. The van der Waals surface area contributed by atoms with Crippen molar-refractivity contribution in [1.82, 2.24) is 9.97 Å². The molecule has 0 aliphatic heterocycles. The topological polar surface area (TPSA) is 78.1 Å². The van der Waals surface area contributed by atoms with Gasteiger partial charge < -0.3 is 10.5 Å². The summed E-state index contributed by atoms with van der Waals surface area (Å²) in [5.74, 6) is -0.449. The van der Waals surface area contributed by atoms with Gasteiger partial charge in [0.25, 0.3) is 0 Å². The lowest BCUT2D eigenvalue weighted by Gasteiger charge is -1.95. The molecular formula is C9H9N3O2S. The van der Waals surface area contributed by atoms with E-state index in [1.807, 2.05) is 6.92 Å². The Morgan fingerprint density at radius 2 is 2.33 bits per heavy atom. The number of carbonyl (C=O) groups excluding carboxylic acids is 1. The van der Waals surface area contributed by atoms with Crippen LogP contribution in [0.3, 0.4) is 0 Å². The van der Waals surface area contributed by atoms with Gasteiger partial charge in [0.05, 0.1) is 18.5 Å². The predicted molar refractivity (Wildman–Crippen MR) is 57.9 cm³/mol. The minimum Gasteiger partial charge on any atom is -0.465 e. The highest BCUT2D eigenvalue weighted by atomic mass is 32.1. The van der Waals surface area contributed by atoms with E-state index >= 15 is 0 Å². The summed E-state index contributed by atoms with van der Waals surface area (Å²) in [6, 6.07) is 0. The maximum absolute atomic E-state index is 11.3. The highest BCUT2D eigenvalue weighted by Crippen LogP contribution is 2.31. The molecule has 2 heterocycles. The van der Waals surface area contributed by atoms with Crippen molar-refractivity contribution >= 4 is 33.3 Å². The molecule has 0 spiro atoms. The summed E-state index contributed by atoms with van der Waals surface area (Å²) in [5.41, 5.74) is 7.47. The van der Waals surface area contributed by atoms with E-state index in [0.717, 1.165) is 5.69 Å². The number of hydrogen-bond donors (Lipinski definition) is 1. The van der Waals surface area contributed by atoms with Crippen LogP contribution in [-0.4, -0.2) is 23.0 Å². The molecule has 0 unspecified atom stereocenters. The molecule has 0 aromatic carbocycles. The molecule has 2 rings (SSSR count). The van der Waals surface area contributed by atoms with Crippen LogP contribution in [-0.2, 0) is 4.74 Å². The zero-order valence-electron chi connectivity index (χ0n) is 8.27. The zero-order valence-corrected chi connectivity index (χ0v) is 9.09. The molecule has 0 saturated carbocycles. The van der Waals surface area contributed by atoms with Gasteiger partial charge in [-0.2, -0.15) is 0 Å². The minimum absolute atomic E-state index is 0.342. The van der Waals surface area contributed by atoms with Gasteiger partial charge in [0.1, 0.15) is 15.2 Å². The molecule has 0 aliphatic rings. The van der Waals surface area contributed by atoms with E-state index < -0.39 is 5.97 Å². The number of methoxy groups -OCH3 is 1. The number of esters is 1. The molecule has 5 nitrogen and oxygen atoms in total. The molecule has 0 atom stereocenters. The zero-order chi connectivity index (χ0) is 11.0. The van der Waals surface area contributed by atoms with Gasteiger partial charge in [-0.05, 0) is 6.92 Å². The van der Waals surface area contributed by atoms with Crippen molar-refractivity contribution in [3.8, 4) is 0 Å². The second kappa shape index (κ2) is 3.47. The van der Waals surface area contributed by atoms with Crippen molar-refractivity contribution in [2.75, 3.05) is 12.8 Å². The van der Waals surface area contributed by atoms with Crippen molar-refractivity contribution in [2.24, 2.45) is 0 Å². The number of aromatic nitrogens is 2. The van der Waals surface area contributed by atoms with Crippen LogP contribution in [0.5, 0.6) is 0 Å². The first-order chi connectivity index (χ1) is 7.13. The second-order valence-corrected chi connectivity index (χ2v) is 4.00. The fraction of sp³-hybridized carbons (Fsp3) is 0.222. The molecule has 2 aromatic rings. The van der Waals surface area contributed by atoms with E-state index in [1.54, 1.807) is 6.20 Å². The Labute approximate surface area is 89.9 Å². The summed E-state index contributed by atoms with van der Waals surface area (Å²) in [7, 11) is 1.32. The number of aryl methyl sites for hydroxylation is 1. The van der Waals surface area contributed by atoms with Gasteiger partial charge in [-0.15, -0.1) is 11.3 Å². The molecular weight excluding hydrogens is 214 g/mol. The Bertz CT molecular complexity index is 535. The van der Waals surface area contributed by atoms with Crippen LogP contribution in [0.1, 0.15) is 15.4 Å². The van der Waals surface area contributed by atoms with Crippen LogP contribution in [0.15, 0.2) is 6.20 Å². The van der Waals surface area contributed by atoms with Gasteiger partial charge in [0, 0.05) is 6.20 Å². The Kier molecular flexibility index (Phi) is 2.28. The Morgan fingerprint density at radius 3 is 3.00 bits per heavy atom. The van der Waals surface area contributed by atoms with Crippen molar-refractivity contribution in [2.45, 2.75) is 6.92 Å². The number of thiophene rings is 1. The highest BCUT2D eigenvalue weighted by molar-refractivity contribution is 7.21. The molecule has 2 aromatic heterocycles. The van der Waals surface area contributed by atoms with E-state index in [-0.39, 0.29) is 0 Å². The first kappa shape index (κ1) is 9.85. The van der Waals surface area contributed by atoms with E-state index in [4.69, 9.17) is 5.73 Å². The van der Waals surface area contributed by atoms with Crippen LogP contribution in [0.25, 0.3) is 10.3 Å². The Balaban J connectivity index is 2.69. The molecule has 6 heteroatoms. The van der Waals surface area contributed by atoms with Crippen LogP contribution < -0.4 is 5.73 Å². The third-order valence-corrected chi connectivity index (χ3v) is 3.00. The Hall–Kier alpha value is -1.69. The molecule has 0 aliphatic carbocycles. The summed E-state index contributed by atoms with van der Waals surface area (Å²) in [5, 5.41) is 0. The SMILES string of the molecule is COC(=O)c1sc2nc(C)cnc2c1N. The van der Waals surface area contributed by atoms with Gasteiger partial charge in [-0.1, -0.05) is 0 Å². The fourth-order valence-corrected chi connectivity index (χ4v) is 2.23. The lowest BCUT2D eigenvalue weighted by atomic mass is 10.3. The number of anilines is 1. The number of hydrogen-bond acceptors (Lipinski definition) is 6. The standard InChI is InChI=1S/C9H9N3O2S/c1-4-3-11-6-5(10)7(9(13)14-2)15-8(6)12-4/h3H,10H2,1-2H3. The molecule has 0 radical (unpaired) electrons. The van der Waals surface area contributed by atoms with Crippen LogP contribution in [0.4, 0.5) is 5.69 Å². The van der Waals surface area contributed by atoms with E-state index in [9.17, 15) is 4.79 Å². The van der Waals surface area contributed by atoms with Crippen LogP contribution in [0, 0.1) is 6.92 Å². The monoisotopic (exact) mass is 223 g/mol. The largest absolute Gasteiger partial charge is 0.465 e. The fourth-order valence-electron chi connectivity index (χ4n) is 1.21. The van der Waals surface area contributed by atoms with Crippen LogP contribution in [0.2, 0.25) is 0 Å². The number of rotatable bonds is 1. The summed E-state index contributed by atoms with van der Waals surface area (Å²) in [6.45, 7) is 1.83. The van der Waals surface area contributed by atoms with Gasteiger partial charge in [0.15, 0.2) is 0 Å². The quantitative estimate of drug-likeness (QED) is 0.739. The lowest BCUT2D eigenvalue weighted by molar-refractivity contribution is 0.0607. The molecule has 78 valence electrons.